The Hall–Kier alpha value is -2.34. The summed E-state index contributed by atoms with van der Waals surface area (Å²) in [5, 5.41) is 16.3. The van der Waals surface area contributed by atoms with Crippen molar-refractivity contribution >= 4 is 42.2 Å². The lowest BCUT2D eigenvalue weighted by Gasteiger charge is -2.27. The highest BCUT2D eigenvalue weighted by Crippen LogP contribution is 2.11. The van der Waals surface area contributed by atoms with E-state index in [-0.39, 0.29) is 17.6 Å². The fourth-order valence-electron chi connectivity index (χ4n) is 2.71. The Morgan fingerprint density at radius 1 is 0.935 bits per heavy atom. The molecule has 0 spiro atoms. The molecule has 5 unspecified atom stereocenters. The second-order valence-electron chi connectivity index (χ2n) is 7.92. The number of carbonyl (C=O) groups is 5. The van der Waals surface area contributed by atoms with E-state index in [0.29, 0.717) is 12.8 Å². The minimum Gasteiger partial charge on any atom is -0.480 e. The molecule has 0 heterocycles. The van der Waals surface area contributed by atoms with Crippen LogP contribution in [-0.4, -0.2) is 64.6 Å². The predicted octanol–water partition coefficient (Wildman–Crippen LogP) is -1.25. The molecule has 0 bridgehead atoms. The summed E-state index contributed by atoms with van der Waals surface area (Å²) < 4.78 is 0. The van der Waals surface area contributed by atoms with Gasteiger partial charge in [-0.3, -0.25) is 19.2 Å². The highest BCUT2D eigenvalue weighted by molar-refractivity contribution is 7.80. The number of primary amides is 1. The van der Waals surface area contributed by atoms with Crippen molar-refractivity contribution in [3.8, 4) is 0 Å². The quantitative estimate of drug-likeness (QED) is 0.157. The maximum absolute atomic E-state index is 12.9. The first kappa shape index (κ1) is 28.7. The number of nitrogens with two attached hydrogens (primary N) is 2. The average Bonchev–Trinajstić information content (AvgIpc) is 2.67. The number of hydrogen-bond donors (Lipinski definition) is 7. The number of carbonyl (C=O) groups excluding carboxylic acids is 4. The Bertz CT molecular complexity index is 660. The van der Waals surface area contributed by atoms with Crippen molar-refractivity contribution in [2.24, 2.45) is 23.3 Å². The fourth-order valence-corrected chi connectivity index (χ4v) is 2.95. The van der Waals surface area contributed by atoms with Gasteiger partial charge in [-0.1, -0.05) is 34.1 Å². The molecule has 0 saturated heterocycles. The van der Waals surface area contributed by atoms with Crippen molar-refractivity contribution in [2.45, 2.75) is 71.1 Å². The molecule has 12 heteroatoms. The number of rotatable bonds is 14. The van der Waals surface area contributed by atoms with E-state index in [1.807, 2.05) is 20.8 Å². The molecule has 0 aliphatic carbocycles. The van der Waals surface area contributed by atoms with Gasteiger partial charge in [0.05, 0.1) is 12.5 Å². The van der Waals surface area contributed by atoms with E-state index in [1.54, 1.807) is 6.92 Å². The molecule has 0 saturated carbocycles. The first-order valence-electron chi connectivity index (χ1n) is 10.1. The molecule has 0 aliphatic rings. The summed E-state index contributed by atoms with van der Waals surface area (Å²) in [6.45, 7) is 7.38. The van der Waals surface area contributed by atoms with E-state index in [2.05, 4.69) is 28.6 Å². The average molecular weight is 462 g/mol. The van der Waals surface area contributed by atoms with Crippen LogP contribution in [0.5, 0.6) is 0 Å². The van der Waals surface area contributed by atoms with Gasteiger partial charge in [0.1, 0.15) is 18.1 Å². The van der Waals surface area contributed by atoms with Crippen molar-refractivity contribution in [3.05, 3.63) is 0 Å². The fraction of sp³-hybridized carbons (Fsp3) is 0.737. The van der Waals surface area contributed by atoms with Crippen LogP contribution in [0.3, 0.4) is 0 Å². The first-order chi connectivity index (χ1) is 14.3. The number of thiol groups is 1. The van der Waals surface area contributed by atoms with E-state index in [9.17, 15) is 24.0 Å². The molecule has 0 aromatic carbocycles. The Morgan fingerprint density at radius 2 is 1.48 bits per heavy atom. The van der Waals surface area contributed by atoms with E-state index in [0.717, 1.165) is 0 Å². The summed E-state index contributed by atoms with van der Waals surface area (Å²) in [5.74, 6) is -4.65. The van der Waals surface area contributed by atoms with Crippen LogP contribution in [0.25, 0.3) is 0 Å². The molecule has 0 aromatic rings. The predicted molar refractivity (Wildman–Crippen MR) is 118 cm³/mol. The molecule has 0 fully saturated rings. The van der Waals surface area contributed by atoms with Crippen LogP contribution in [0, 0.1) is 11.8 Å². The SMILES string of the molecule is CCC(C)C(NC(=O)C(N)CC(C)C)C(=O)NC(CC(N)=O)C(=O)NC(CS)C(=O)O. The minimum atomic E-state index is -1.42. The van der Waals surface area contributed by atoms with Crippen molar-refractivity contribution in [3.63, 3.8) is 0 Å². The highest BCUT2D eigenvalue weighted by atomic mass is 32.1. The van der Waals surface area contributed by atoms with Crippen LogP contribution in [-0.2, 0) is 24.0 Å². The smallest absolute Gasteiger partial charge is 0.327 e. The zero-order valence-corrected chi connectivity index (χ0v) is 19.3. The Labute approximate surface area is 187 Å². The van der Waals surface area contributed by atoms with Gasteiger partial charge in [-0.15, -0.1) is 0 Å². The Morgan fingerprint density at radius 3 is 1.90 bits per heavy atom. The van der Waals surface area contributed by atoms with Gasteiger partial charge in [0.25, 0.3) is 0 Å². The van der Waals surface area contributed by atoms with Crippen LogP contribution in [0.1, 0.15) is 47.0 Å². The number of amides is 4. The van der Waals surface area contributed by atoms with Crippen LogP contribution in [0.15, 0.2) is 0 Å². The number of nitrogens with one attached hydrogen (secondary N) is 3. The van der Waals surface area contributed by atoms with Gasteiger partial charge in [-0.25, -0.2) is 4.79 Å². The molecule has 11 nitrogen and oxygen atoms in total. The van der Waals surface area contributed by atoms with E-state index < -0.39 is 60.2 Å². The monoisotopic (exact) mass is 461 g/mol. The standard InChI is InChI=1S/C19H35N5O6S/c1-5-10(4)15(24-16(26)11(20)6-9(2)3)18(28)22-12(7-14(21)25)17(27)23-13(8-31)19(29)30/h9-13,15,31H,5-8,20H2,1-4H3,(H2,21,25)(H,22,28)(H,23,27)(H,24,26)(H,29,30). The van der Waals surface area contributed by atoms with Crippen molar-refractivity contribution in [1.29, 1.82) is 0 Å². The molecule has 0 aromatic heterocycles. The molecule has 31 heavy (non-hydrogen) atoms. The minimum absolute atomic E-state index is 0.175. The summed E-state index contributed by atoms with van der Waals surface area (Å²) in [4.78, 5) is 60.3. The molecular weight excluding hydrogens is 426 g/mol. The Kier molecular flexibility index (Phi) is 12.8. The number of hydrogen-bond acceptors (Lipinski definition) is 7. The van der Waals surface area contributed by atoms with Gasteiger partial charge in [0.2, 0.25) is 23.6 Å². The van der Waals surface area contributed by atoms with E-state index >= 15 is 0 Å². The number of carboxylic acids is 1. The third-order valence-corrected chi connectivity index (χ3v) is 5.06. The van der Waals surface area contributed by atoms with Gasteiger partial charge < -0.3 is 32.5 Å². The maximum atomic E-state index is 12.9. The number of carboxylic acid groups (broad SMARTS) is 1. The topological polar surface area (TPSA) is 194 Å². The zero-order chi connectivity index (χ0) is 24.3. The van der Waals surface area contributed by atoms with Crippen LogP contribution in [0.2, 0.25) is 0 Å². The van der Waals surface area contributed by atoms with Gasteiger partial charge in [-0.05, 0) is 18.3 Å². The van der Waals surface area contributed by atoms with Crippen LogP contribution < -0.4 is 27.4 Å². The molecule has 0 radical (unpaired) electrons. The number of aliphatic carboxylic acids is 1. The van der Waals surface area contributed by atoms with Gasteiger partial charge in [0.15, 0.2) is 0 Å². The molecule has 178 valence electrons. The summed E-state index contributed by atoms with van der Waals surface area (Å²) in [6.07, 6.45) is 0.406. The molecule has 8 N–H and O–H groups in total. The Balaban J connectivity index is 5.49. The van der Waals surface area contributed by atoms with Crippen LogP contribution >= 0.6 is 12.6 Å². The molecular formula is C19H35N5O6S. The summed E-state index contributed by atoms with van der Waals surface area (Å²) >= 11 is 3.86. The zero-order valence-electron chi connectivity index (χ0n) is 18.4. The largest absolute Gasteiger partial charge is 0.480 e. The van der Waals surface area contributed by atoms with Gasteiger partial charge >= 0.3 is 5.97 Å². The first-order valence-corrected chi connectivity index (χ1v) is 10.8. The van der Waals surface area contributed by atoms with Crippen molar-refractivity contribution in [2.75, 3.05) is 5.75 Å². The van der Waals surface area contributed by atoms with E-state index in [1.165, 1.54) is 0 Å². The van der Waals surface area contributed by atoms with Gasteiger partial charge in [0, 0.05) is 5.75 Å². The summed E-state index contributed by atoms with van der Waals surface area (Å²) in [7, 11) is 0. The second kappa shape index (κ2) is 13.9. The molecule has 4 amide bonds. The van der Waals surface area contributed by atoms with Crippen molar-refractivity contribution in [1.82, 2.24) is 16.0 Å². The van der Waals surface area contributed by atoms with Crippen LogP contribution in [0.4, 0.5) is 0 Å². The lowest BCUT2D eigenvalue weighted by Crippen LogP contribution is -2.59. The summed E-state index contributed by atoms with van der Waals surface area (Å²) in [6, 6.07) is -4.56. The summed E-state index contributed by atoms with van der Waals surface area (Å²) in [5.41, 5.74) is 11.1. The molecule has 5 atom stereocenters. The normalized spacial score (nSPS) is 15.8. The molecule has 0 rings (SSSR count). The van der Waals surface area contributed by atoms with Gasteiger partial charge in [-0.2, -0.15) is 12.6 Å². The highest BCUT2D eigenvalue weighted by Gasteiger charge is 2.33. The third kappa shape index (κ3) is 10.5. The third-order valence-electron chi connectivity index (χ3n) is 4.69. The van der Waals surface area contributed by atoms with E-state index in [4.69, 9.17) is 16.6 Å². The molecule has 0 aliphatic heterocycles. The second-order valence-corrected chi connectivity index (χ2v) is 8.29. The maximum Gasteiger partial charge on any atom is 0.327 e. The van der Waals surface area contributed by atoms with Crippen molar-refractivity contribution < 1.29 is 29.1 Å². The lowest BCUT2D eigenvalue weighted by atomic mass is 9.96. The lowest BCUT2D eigenvalue weighted by molar-refractivity contribution is -0.141.